The molecule has 13 heavy (non-hydrogen) atoms. The number of rotatable bonds is 3. The summed E-state index contributed by atoms with van der Waals surface area (Å²) in [5.41, 5.74) is -0.758. The van der Waals surface area contributed by atoms with Gasteiger partial charge in [0.05, 0.1) is 7.85 Å². The molecule has 70 valence electrons. The molecule has 0 bridgehead atoms. The normalized spacial score (nSPS) is 20.6. The average molecular weight is 180 g/mol. The Labute approximate surface area is 79.1 Å². The molecule has 4 nitrogen and oxygen atoms in total. The molecule has 5 heteroatoms. The van der Waals surface area contributed by atoms with E-state index in [0.717, 1.165) is 0 Å². The van der Waals surface area contributed by atoms with Crippen molar-refractivity contribution >= 4 is 19.8 Å². The maximum atomic E-state index is 11.5. The fraction of sp³-hybridized carbons (Fsp3) is 0.750. The minimum absolute atomic E-state index is 0.175. The van der Waals surface area contributed by atoms with Gasteiger partial charge >= 0.3 is 6.03 Å². The van der Waals surface area contributed by atoms with Gasteiger partial charge in [-0.1, -0.05) is 6.32 Å². The maximum absolute atomic E-state index is 11.5. The molecule has 0 aliphatic carbocycles. The highest BCUT2D eigenvalue weighted by Gasteiger charge is 2.43. The molecule has 0 spiro atoms. The van der Waals surface area contributed by atoms with Crippen LogP contribution in [0.4, 0.5) is 4.79 Å². The van der Waals surface area contributed by atoms with Crippen molar-refractivity contribution in [3.8, 4) is 0 Å². The van der Waals surface area contributed by atoms with Crippen LogP contribution in [-0.2, 0) is 4.79 Å². The summed E-state index contributed by atoms with van der Waals surface area (Å²) in [5.74, 6) is -0.175. The van der Waals surface area contributed by atoms with Gasteiger partial charge < -0.3 is 5.32 Å². The van der Waals surface area contributed by atoms with Crippen LogP contribution in [0.5, 0.6) is 0 Å². The predicted molar refractivity (Wildman–Crippen MR) is 49.5 cm³/mol. The van der Waals surface area contributed by atoms with Gasteiger partial charge in [-0.2, -0.15) is 0 Å². The maximum Gasteiger partial charge on any atom is 0.325 e. The first-order valence-electron chi connectivity index (χ1n) is 4.33. The number of amides is 3. The van der Waals surface area contributed by atoms with Gasteiger partial charge in [0.2, 0.25) is 0 Å². The number of carbonyl (C=O) groups is 2. The van der Waals surface area contributed by atoms with Gasteiger partial charge in [0.1, 0.15) is 5.54 Å². The number of urea groups is 1. The summed E-state index contributed by atoms with van der Waals surface area (Å²) in [6, 6.07) is -0.316. The largest absolute Gasteiger partial charge is 0.325 e. The average Bonchev–Trinajstić information content (AvgIpc) is 2.21. The Bertz CT molecular complexity index is 240. The van der Waals surface area contributed by atoms with Crippen molar-refractivity contribution in [3.05, 3.63) is 0 Å². The highest BCUT2D eigenvalue weighted by atomic mass is 16.2. The van der Waals surface area contributed by atoms with E-state index in [0.29, 0.717) is 19.3 Å². The summed E-state index contributed by atoms with van der Waals surface area (Å²) in [6.07, 6.45) is 1.13. The van der Waals surface area contributed by atoms with E-state index in [1.54, 1.807) is 13.8 Å². The summed E-state index contributed by atoms with van der Waals surface area (Å²) in [6.45, 7) is 3.79. The zero-order valence-corrected chi connectivity index (χ0v) is 7.96. The summed E-state index contributed by atoms with van der Waals surface area (Å²) in [4.78, 5) is 24.0. The number of nitrogens with one attached hydrogen (secondary N) is 1. The van der Waals surface area contributed by atoms with Crippen molar-refractivity contribution in [2.45, 2.75) is 32.1 Å². The minimum atomic E-state index is -0.758. The molecule has 0 unspecified atom stereocenters. The molecule has 1 aliphatic heterocycles. The molecule has 1 rings (SSSR count). The van der Waals surface area contributed by atoms with Gasteiger partial charge in [0.15, 0.2) is 0 Å². The Morgan fingerprint density at radius 1 is 1.46 bits per heavy atom. The van der Waals surface area contributed by atoms with E-state index >= 15 is 0 Å². The predicted octanol–water partition coefficient (Wildman–Crippen LogP) is 0.294. The van der Waals surface area contributed by atoms with Crippen LogP contribution >= 0.6 is 0 Å². The van der Waals surface area contributed by atoms with Crippen LogP contribution in [0.1, 0.15) is 20.3 Å². The first-order chi connectivity index (χ1) is 5.99. The Hall–Kier alpha value is -0.995. The van der Waals surface area contributed by atoms with Crippen LogP contribution in [0.3, 0.4) is 0 Å². The fourth-order valence-electron chi connectivity index (χ4n) is 1.27. The van der Waals surface area contributed by atoms with Gasteiger partial charge in [-0.3, -0.25) is 9.69 Å². The van der Waals surface area contributed by atoms with E-state index in [-0.39, 0.29) is 11.9 Å². The van der Waals surface area contributed by atoms with Gasteiger partial charge in [0, 0.05) is 6.54 Å². The zero-order valence-electron chi connectivity index (χ0n) is 7.96. The molecule has 0 aromatic heterocycles. The van der Waals surface area contributed by atoms with E-state index in [9.17, 15) is 9.59 Å². The van der Waals surface area contributed by atoms with E-state index < -0.39 is 5.54 Å². The molecule has 1 heterocycles. The Morgan fingerprint density at radius 3 is 2.46 bits per heavy atom. The van der Waals surface area contributed by atoms with E-state index in [4.69, 9.17) is 7.85 Å². The Balaban J connectivity index is 2.66. The molecule has 1 N–H and O–H groups in total. The zero-order chi connectivity index (χ0) is 10.1. The van der Waals surface area contributed by atoms with Crippen LogP contribution < -0.4 is 5.32 Å². The lowest BCUT2D eigenvalue weighted by molar-refractivity contribution is -0.130. The molecule has 0 saturated carbocycles. The van der Waals surface area contributed by atoms with Crippen molar-refractivity contribution in [2.24, 2.45) is 0 Å². The van der Waals surface area contributed by atoms with E-state index in [1.165, 1.54) is 4.90 Å². The van der Waals surface area contributed by atoms with Crippen molar-refractivity contribution in [2.75, 3.05) is 6.54 Å². The number of hydrogen-bond donors (Lipinski definition) is 1. The molecule has 0 aromatic rings. The van der Waals surface area contributed by atoms with Gasteiger partial charge in [-0.25, -0.2) is 4.79 Å². The van der Waals surface area contributed by atoms with Crippen molar-refractivity contribution < 1.29 is 9.59 Å². The van der Waals surface area contributed by atoms with E-state index in [2.05, 4.69) is 5.32 Å². The lowest BCUT2D eigenvalue weighted by Crippen LogP contribution is -2.40. The second-order valence-electron chi connectivity index (χ2n) is 3.65. The topological polar surface area (TPSA) is 49.4 Å². The van der Waals surface area contributed by atoms with Crippen LogP contribution in [0.25, 0.3) is 0 Å². The lowest BCUT2D eigenvalue weighted by atomic mass is 10.0. The SMILES string of the molecule is [B]CCCN1C(=O)NC(C)(C)C1=O. The molecule has 1 fully saturated rings. The summed E-state index contributed by atoms with van der Waals surface area (Å²) < 4.78 is 0. The molecular weight excluding hydrogens is 167 g/mol. The quantitative estimate of drug-likeness (QED) is 0.501. The monoisotopic (exact) mass is 180 g/mol. The second-order valence-corrected chi connectivity index (χ2v) is 3.65. The van der Waals surface area contributed by atoms with Gasteiger partial charge in [0.25, 0.3) is 5.91 Å². The molecule has 1 saturated heterocycles. The Morgan fingerprint density at radius 2 is 2.08 bits per heavy atom. The molecule has 0 aromatic carbocycles. The minimum Gasteiger partial charge on any atom is -0.324 e. The van der Waals surface area contributed by atoms with Crippen LogP contribution in [0.2, 0.25) is 6.32 Å². The van der Waals surface area contributed by atoms with Crippen LogP contribution in [-0.4, -0.2) is 36.8 Å². The fourth-order valence-corrected chi connectivity index (χ4v) is 1.27. The first kappa shape index (κ1) is 10.1. The third-order valence-corrected chi connectivity index (χ3v) is 2.03. The second kappa shape index (κ2) is 3.40. The Kier molecular flexibility index (Phi) is 2.64. The number of carbonyl (C=O) groups excluding carboxylic acids is 2. The number of imide groups is 1. The summed E-state index contributed by atoms with van der Waals surface area (Å²) in [5, 5.41) is 2.60. The third-order valence-electron chi connectivity index (χ3n) is 2.03. The van der Waals surface area contributed by atoms with Crippen molar-refractivity contribution in [1.29, 1.82) is 0 Å². The molecule has 3 amide bonds. The molecular formula is C8H13BN2O2. The molecule has 1 aliphatic rings. The highest BCUT2D eigenvalue weighted by molar-refractivity contribution is 6.08. The smallest absolute Gasteiger partial charge is 0.324 e. The molecule has 2 radical (unpaired) electrons. The summed E-state index contributed by atoms with van der Waals surface area (Å²) >= 11 is 0. The summed E-state index contributed by atoms with van der Waals surface area (Å²) in [7, 11) is 5.30. The van der Waals surface area contributed by atoms with Crippen LogP contribution in [0, 0.1) is 0 Å². The highest BCUT2D eigenvalue weighted by Crippen LogP contribution is 2.16. The van der Waals surface area contributed by atoms with Crippen molar-refractivity contribution in [1.82, 2.24) is 10.2 Å². The van der Waals surface area contributed by atoms with Crippen LogP contribution in [0.15, 0.2) is 0 Å². The van der Waals surface area contributed by atoms with E-state index in [1.807, 2.05) is 0 Å². The number of nitrogens with zero attached hydrogens (tertiary/aromatic N) is 1. The molecule has 0 atom stereocenters. The first-order valence-corrected chi connectivity index (χ1v) is 4.33. The third kappa shape index (κ3) is 1.84. The standard InChI is InChI=1S/C8H13BN2O2/c1-8(2)6(12)11(5-3-4-9)7(13)10-8/h3-5H2,1-2H3,(H,10,13). The number of hydrogen-bond acceptors (Lipinski definition) is 2. The van der Waals surface area contributed by atoms with Gasteiger partial charge in [-0.05, 0) is 20.3 Å². The lowest BCUT2D eigenvalue weighted by Gasteiger charge is -2.15. The van der Waals surface area contributed by atoms with Gasteiger partial charge in [-0.15, -0.1) is 0 Å². The van der Waals surface area contributed by atoms with Crippen molar-refractivity contribution in [3.63, 3.8) is 0 Å².